The molecule has 0 unspecified atom stereocenters. The lowest BCUT2D eigenvalue weighted by Gasteiger charge is -2.21. The molecule has 1 atom stereocenters. The first-order valence-corrected chi connectivity index (χ1v) is 17.4. The van der Waals surface area contributed by atoms with Gasteiger partial charge in [-0.25, -0.2) is 25.8 Å². The molecule has 1 saturated carbocycles. The minimum Gasteiger partial charge on any atom is -0.386 e. The predicted octanol–water partition coefficient (Wildman–Crippen LogP) is 5.70. The first-order chi connectivity index (χ1) is 20.8. The molecule has 5 aromatic rings. The second-order valence-corrected chi connectivity index (χ2v) is 15.7. The highest BCUT2D eigenvalue weighted by molar-refractivity contribution is 7.90. The second kappa shape index (κ2) is 11.1. The molecule has 6 rings (SSSR count). The van der Waals surface area contributed by atoms with E-state index < -0.39 is 36.9 Å². The Morgan fingerprint density at radius 1 is 0.977 bits per heavy atom. The summed E-state index contributed by atoms with van der Waals surface area (Å²) < 4.78 is 59.6. The molecule has 0 saturated heterocycles. The van der Waals surface area contributed by atoms with E-state index in [2.05, 4.69) is 9.71 Å². The molecule has 228 valence electrons. The van der Waals surface area contributed by atoms with Crippen LogP contribution >= 0.6 is 11.6 Å². The van der Waals surface area contributed by atoms with Crippen molar-refractivity contribution in [3.05, 3.63) is 113 Å². The van der Waals surface area contributed by atoms with Crippen molar-refractivity contribution in [2.24, 2.45) is 0 Å². The molecule has 0 spiro atoms. The number of fused-ring (bicyclic) bond motifs is 1. The molecule has 1 fully saturated rings. The molecule has 0 radical (unpaired) electrons. The van der Waals surface area contributed by atoms with E-state index in [-0.39, 0.29) is 21.3 Å². The SMILES string of the molecule is Cc1ccc(S(=O)(=O)n2c([C@H](NS(=O)(=O)C3CC3)c3ccccc3Cl)nc3c(-c4cc(C(C)(C)O)ccn4)cccc32)cc1. The summed E-state index contributed by atoms with van der Waals surface area (Å²) in [4.78, 5) is 9.39. The van der Waals surface area contributed by atoms with Crippen LogP contribution in [0, 0.1) is 6.92 Å². The summed E-state index contributed by atoms with van der Waals surface area (Å²) in [5.41, 5.74) is 2.20. The number of aliphatic hydroxyl groups is 1. The van der Waals surface area contributed by atoms with Crippen LogP contribution in [0.25, 0.3) is 22.3 Å². The van der Waals surface area contributed by atoms with E-state index in [1.807, 2.05) is 6.92 Å². The van der Waals surface area contributed by atoms with Gasteiger partial charge in [0.05, 0.1) is 32.5 Å². The number of sulfonamides is 1. The Morgan fingerprint density at radius 3 is 2.34 bits per heavy atom. The van der Waals surface area contributed by atoms with Gasteiger partial charge in [-0.1, -0.05) is 59.6 Å². The molecule has 44 heavy (non-hydrogen) atoms. The second-order valence-electron chi connectivity index (χ2n) is 11.5. The standard InChI is InChI=1S/C32H31ClN4O5S2/c1-20-11-13-23(14-12-20)44(41,42)37-28-10-6-8-25(27-19-21(17-18-34-27)32(2,3)38)29(28)35-31(37)30(24-7-4-5-9-26(24)33)36-43(39,40)22-15-16-22/h4-14,17-19,22,30,36,38H,15-16H2,1-3H3/t30-/m1/s1. The molecule has 3 aromatic carbocycles. The fraction of sp³-hybridized carbons (Fsp3) is 0.250. The summed E-state index contributed by atoms with van der Waals surface area (Å²) in [5, 5.41) is 10.3. The average molecular weight is 651 g/mol. The number of aryl methyl sites for hydroxylation is 1. The Kier molecular flexibility index (Phi) is 7.66. The number of imidazole rings is 1. The summed E-state index contributed by atoms with van der Waals surface area (Å²) in [5.74, 6) is -0.0657. The smallest absolute Gasteiger partial charge is 0.269 e. The van der Waals surface area contributed by atoms with Crippen molar-refractivity contribution in [2.45, 2.75) is 55.4 Å². The maximum Gasteiger partial charge on any atom is 0.269 e. The number of benzene rings is 3. The van der Waals surface area contributed by atoms with Crippen molar-refractivity contribution in [2.75, 3.05) is 0 Å². The van der Waals surface area contributed by atoms with Crippen LogP contribution in [-0.4, -0.2) is 41.1 Å². The fourth-order valence-electron chi connectivity index (χ4n) is 5.11. The van der Waals surface area contributed by atoms with Gasteiger partial charge in [0.2, 0.25) is 10.0 Å². The molecule has 2 heterocycles. The third-order valence-corrected chi connectivity index (χ3v) is 11.7. The van der Waals surface area contributed by atoms with Crippen LogP contribution in [0.4, 0.5) is 0 Å². The van der Waals surface area contributed by atoms with Crippen molar-refractivity contribution < 1.29 is 21.9 Å². The molecule has 1 aliphatic rings. The summed E-state index contributed by atoms with van der Waals surface area (Å²) >= 11 is 6.62. The van der Waals surface area contributed by atoms with E-state index in [9.17, 15) is 21.9 Å². The van der Waals surface area contributed by atoms with Gasteiger partial charge in [0.15, 0.2) is 0 Å². The number of hydrogen-bond acceptors (Lipinski definition) is 7. The van der Waals surface area contributed by atoms with Crippen LogP contribution in [0.2, 0.25) is 5.02 Å². The van der Waals surface area contributed by atoms with E-state index in [0.29, 0.717) is 40.7 Å². The maximum absolute atomic E-state index is 14.5. The lowest BCUT2D eigenvalue weighted by atomic mass is 9.97. The average Bonchev–Trinajstić information content (AvgIpc) is 3.77. The van der Waals surface area contributed by atoms with Crippen molar-refractivity contribution in [3.8, 4) is 11.3 Å². The van der Waals surface area contributed by atoms with Crippen LogP contribution in [-0.2, 0) is 25.6 Å². The Balaban J connectivity index is 1.67. The maximum atomic E-state index is 14.5. The highest BCUT2D eigenvalue weighted by Gasteiger charge is 2.40. The number of nitrogens with zero attached hydrogens (tertiary/aromatic N) is 3. The molecule has 0 aliphatic heterocycles. The highest BCUT2D eigenvalue weighted by Crippen LogP contribution is 2.38. The van der Waals surface area contributed by atoms with Crippen LogP contribution in [0.1, 0.15) is 55.2 Å². The van der Waals surface area contributed by atoms with Gasteiger partial charge >= 0.3 is 0 Å². The quantitative estimate of drug-likeness (QED) is 0.209. The van der Waals surface area contributed by atoms with Crippen molar-refractivity contribution in [1.82, 2.24) is 18.7 Å². The number of aromatic nitrogens is 3. The van der Waals surface area contributed by atoms with Crippen molar-refractivity contribution >= 4 is 42.7 Å². The van der Waals surface area contributed by atoms with Crippen molar-refractivity contribution in [1.29, 1.82) is 0 Å². The zero-order chi connectivity index (χ0) is 31.4. The van der Waals surface area contributed by atoms with Crippen LogP contribution in [0.3, 0.4) is 0 Å². The van der Waals surface area contributed by atoms with E-state index in [1.165, 1.54) is 12.1 Å². The van der Waals surface area contributed by atoms with Gasteiger partial charge in [0, 0.05) is 16.8 Å². The molecular formula is C32H31ClN4O5S2. The van der Waals surface area contributed by atoms with Gasteiger partial charge in [0.1, 0.15) is 11.9 Å². The van der Waals surface area contributed by atoms with Gasteiger partial charge in [0.25, 0.3) is 10.0 Å². The summed E-state index contributed by atoms with van der Waals surface area (Å²) in [6.07, 6.45) is 2.59. The zero-order valence-corrected chi connectivity index (χ0v) is 26.7. The van der Waals surface area contributed by atoms with E-state index in [4.69, 9.17) is 16.6 Å². The Hall–Kier alpha value is -3.61. The number of rotatable bonds is 9. The monoisotopic (exact) mass is 650 g/mol. The Labute approximate surface area is 261 Å². The predicted molar refractivity (Wildman–Crippen MR) is 170 cm³/mol. The number of halogens is 1. The van der Waals surface area contributed by atoms with Crippen LogP contribution < -0.4 is 4.72 Å². The number of nitrogens with one attached hydrogen (secondary N) is 1. The normalized spacial score (nSPS) is 15.0. The van der Waals surface area contributed by atoms with E-state index >= 15 is 0 Å². The van der Waals surface area contributed by atoms with Gasteiger partial charge in [-0.15, -0.1) is 0 Å². The molecular weight excluding hydrogens is 620 g/mol. The Morgan fingerprint density at radius 2 is 1.68 bits per heavy atom. The van der Waals surface area contributed by atoms with Gasteiger partial charge in [-0.2, -0.15) is 4.72 Å². The van der Waals surface area contributed by atoms with Gasteiger partial charge in [-0.05, 0) is 81.1 Å². The summed E-state index contributed by atoms with van der Waals surface area (Å²) in [7, 11) is -8.16. The van der Waals surface area contributed by atoms with Gasteiger partial charge in [-0.3, -0.25) is 4.98 Å². The fourth-order valence-corrected chi connectivity index (χ4v) is 8.36. The summed E-state index contributed by atoms with van der Waals surface area (Å²) in [6, 6.07) is 20.4. The third-order valence-electron chi connectivity index (χ3n) is 7.69. The number of para-hydroxylation sites is 1. The molecule has 2 N–H and O–H groups in total. The molecule has 9 nitrogen and oxygen atoms in total. The highest BCUT2D eigenvalue weighted by atomic mass is 35.5. The van der Waals surface area contributed by atoms with Gasteiger partial charge < -0.3 is 5.11 Å². The van der Waals surface area contributed by atoms with Crippen molar-refractivity contribution in [3.63, 3.8) is 0 Å². The molecule has 1 aliphatic carbocycles. The lowest BCUT2D eigenvalue weighted by Crippen LogP contribution is -2.34. The largest absolute Gasteiger partial charge is 0.386 e. The zero-order valence-electron chi connectivity index (χ0n) is 24.3. The third kappa shape index (κ3) is 5.66. The van der Waals surface area contributed by atoms with E-state index in [1.54, 1.807) is 86.8 Å². The van der Waals surface area contributed by atoms with Crippen LogP contribution in [0.5, 0.6) is 0 Å². The topological polar surface area (TPSA) is 131 Å². The Bertz CT molecular complexity index is 2100. The minimum absolute atomic E-state index is 0.0131. The molecule has 12 heteroatoms. The molecule has 2 aromatic heterocycles. The molecule has 0 bridgehead atoms. The first-order valence-electron chi connectivity index (χ1n) is 14.1. The lowest BCUT2D eigenvalue weighted by molar-refractivity contribution is 0.0785. The summed E-state index contributed by atoms with van der Waals surface area (Å²) in [6.45, 7) is 5.18. The number of pyridine rings is 1. The number of hydrogen-bond donors (Lipinski definition) is 2. The minimum atomic E-state index is -4.31. The molecule has 0 amide bonds. The van der Waals surface area contributed by atoms with Crippen LogP contribution in [0.15, 0.2) is 90.0 Å². The first kappa shape index (κ1) is 30.4. The van der Waals surface area contributed by atoms with E-state index in [0.717, 1.165) is 9.54 Å².